The van der Waals surface area contributed by atoms with E-state index in [9.17, 15) is 13.2 Å². The molecule has 0 spiro atoms. The fraction of sp³-hybridized carbons (Fsp3) is 0.667. The number of rotatable bonds is 4. The number of carbonyl (C=O) groups excluding carboxylic acids is 1. The van der Waals surface area contributed by atoms with Gasteiger partial charge in [-0.15, -0.1) is 0 Å². The average Bonchev–Trinajstić information content (AvgIpc) is 2.67. The van der Waals surface area contributed by atoms with E-state index in [1.54, 1.807) is 0 Å². The first-order valence-corrected chi connectivity index (χ1v) is 9.10. The van der Waals surface area contributed by atoms with Gasteiger partial charge in [0.1, 0.15) is 0 Å². The van der Waals surface area contributed by atoms with E-state index in [-0.39, 0.29) is 11.5 Å². The molecule has 106 valence electrons. The van der Waals surface area contributed by atoms with Crippen molar-refractivity contribution in [1.29, 1.82) is 0 Å². The molecule has 0 aliphatic carbocycles. The second-order valence-electron chi connectivity index (χ2n) is 4.67. The molecule has 2 rings (SSSR count). The van der Waals surface area contributed by atoms with Crippen LogP contribution in [-0.2, 0) is 16.3 Å². The second-order valence-corrected chi connectivity index (χ2v) is 7.98. The lowest BCUT2D eigenvalue weighted by molar-refractivity contribution is 0.112. The minimum absolute atomic E-state index is 0.173. The third kappa shape index (κ3) is 3.54. The van der Waals surface area contributed by atoms with Crippen LogP contribution in [0.25, 0.3) is 0 Å². The summed E-state index contributed by atoms with van der Waals surface area (Å²) < 4.78 is 23.2. The maximum absolute atomic E-state index is 11.6. The van der Waals surface area contributed by atoms with Gasteiger partial charge in [0.25, 0.3) is 0 Å². The topological polar surface area (TPSA) is 67.3 Å². The number of thiazole rings is 1. The van der Waals surface area contributed by atoms with Gasteiger partial charge >= 0.3 is 0 Å². The van der Waals surface area contributed by atoms with Crippen LogP contribution in [0.4, 0.5) is 5.13 Å². The van der Waals surface area contributed by atoms with Crippen LogP contribution in [0.5, 0.6) is 0 Å². The number of aromatic nitrogens is 1. The molecule has 1 aliphatic heterocycles. The van der Waals surface area contributed by atoms with Crippen LogP contribution >= 0.6 is 11.3 Å². The highest BCUT2D eigenvalue weighted by molar-refractivity contribution is 7.91. The number of nitrogens with zero attached hydrogens (tertiary/aromatic N) is 2. The molecule has 0 aromatic carbocycles. The van der Waals surface area contributed by atoms with Crippen molar-refractivity contribution >= 4 is 32.6 Å². The van der Waals surface area contributed by atoms with Crippen LogP contribution in [0.3, 0.4) is 0 Å². The Morgan fingerprint density at radius 3 is 2.84 bits per heavy atom. The molecule has 1 aliphatic rings. The van der Waals surface area contributed by atoms with Gasteiger partial charge in [-0.3, -0.25) is 4.79 Å². The minimum Gasteiger partial charge on any atom is -0.347 e. The molecule has 0 atom stereocenters. The van der Waals surface area contributed by atoms with Crippen molar-refractivity contribution in [3.8, 4) is 0 Å². The van der Waals surface area contributed by atoms with Crippen molar-refractivity contribution in [2.75, 3.05) is 29.5 Å². The Morgan fingerprint density at radius 1 is 1.37 bits per heavy atom. The van der Waals surface area contributed by atoms with Crippen molar-refractivity contribution in [2.45, 2.75) is 26.2 Å². The van der Waals surface area contributed by atoms with Gasteiger partial charge in [0.2, 0.25) is 0 Å². The molecular weight excluding hydrogens is 284 g/mol. The standard InChI is InChI=1S/C12H18N2O3S2/c1-2-4-10-11(9-15)18-12(13-10)14-5-3-7-19(16,17)8-6-14/h9H,2-8H2,1H3. The quantitative estimate of drug-likeness (QED) is 0.789. The third-order valence-electron chi connectivity index (χ3n) is 3.14. The average molecular weight is 302 g/mol. The molecule has 2 heterocycles. The summed E-state index contributed by atoms with van der Waals surface area (Å²) in [7, 11) is -2.91. The van der Waals surface area contributed by atoms with E-state index in [1.807, 2.05) is 11.8 Å². The second kappa shape index (κ2) is 6.00. The lowest BCUT2D eigenvalue weighted by Gasteiger charge is -2.17. The van der Waals surface area contributed by atoms with Gasteiger partial charge in [0, 0.05) is 13.1 Å². The SMILES string of the molecule is CCCc1nc(N2CCCS(=O)(=O)CC2)sc1C=O. The van der Waals surface area contributed by atoms with Crippen molar-refractivity contribution < 1.29 is 13.2 Å². The van der Waals surface area contributed by atoms with E-state index in [1.165, 1.54) is 11.3 Å². The molecular formula is C12H18N2O3S2. The molecule has 1 fully saturated rings. The Balaban J connectivity index is 2.19. The minimum atomic E-state index is -2.91. The van der Waals surface area contributed by atoms with E-state index in [4.69, 9.17) is 0 Å². The number of hydrogen-bond donors (Lipinski definition) is 0. The Labute approximate surface area is 117 Å². The number of hydrogen-bond acceptors (Lipinski definition) is 6. The lowest BCUT2D eigenvalue weighted by atomic mass is 10.2. The molecule has 1 aromatic rings. The maximum Gasteiger partial charge on any atom is 0.186 e. The summed E-state index contributed by atoms with van der Waals surface area (Å²) >= 11 is 1.37. The normalized spacial score (nSPS) is 19.1. The first kappa shape index (κ1) is 14.5. The molecule has 0 unspecified atom stereocenters. The third-order valence-corrected chi connectivity index (χ3v) is 5.94. The Kier molecular flexibility index (Phi) is 4.57. The summed E-state index contributed by atoms with van der Waals surface area (Å²) in [5.41, 5.74) is 0.838. The van der Waals surface area contributed by atoms with E-state index >= 15 is 0 Å². The van der Waals surface area contributed by atoms with Crippen LogP contribution in [0.2, 0.25) is 0 Å². The van der Waals surface area contributed by atoms with Gasteiger partial charge in [-0.25, -0.2) is 13.4 Å². The maximum atomic E-state index is 11.6. The van der Waals surface area contributed by atoms with Crippen LogP contribution in [0.1, 0.15) is 35.1 Å². The van der Waals surface area contributed by atoms with Crippen molar-refractivity contribution in [3.63, 3.8) is 0 Å². The van der Waals surface area contributed by atoms with Crippen LogP contribution in [0.15, 0.2) is 0 Å². The van der Waals surface area contributed by atoms with Gasteiger partial charge in [-0.05, 0) is 12.8 Å². The number of anilines is 1. The summed E-state index contributed by atoms with van der Waals surface area (Å²) in [6, 6.07) is 0. The molecule has 1 saturated heterocycles. The highest BCUT2D eigenvalue weighted by Gasteiger charge is 2.22. The van der Waals surface area contributed by atoms with E-state index in [0.717, 1.165) is 30.0 Å². The molecule has 1 aromatic heterocycles. The number of carbonyl (C=O) groups is 1. The van der Waals surface area contributed by atoms with E-state index in [0.29, 0.717) is 24.4 Å². The monoisotopic (exact) mass is 302 g/mol. The van der Waals surface area contributed by atoms with Gasteiger partial charge in [-0.2, -0.15) is 0 Å². The molecule has 7 heteroatoms. The summed E-state index contributed by atoms with van der Waals surface area (Å²) in [5.74, 6) is 0.420. The van der Waals surface area contributed by atoms with Gasteiger partial charge in [-0.1, -0.05) is 24.7 Å². The summed E-state index contributed by atoms with van der Waals surface area (Å²) in [6.45, 7) is 3.21. The van der Waals surface area contributed by atoms with Crippen molar-refractivity contribution in [3.05, 3.63) is 10.6 Å². The molecule has 5 nitrogen and oxygen atoms in total. The highest BCUT2D eigenvalue weighted by atomic mass is 32.2. The Bertz CT molecular complexity index is 551. The highest BCUT2D eigenvalue weighted by Crippen LogP contribution is 2.27. The fourth-order valence-corrected chi connectivity index (χ4v) is 4.37. The van der Waals surface area contributed by atoms with Gasteiger partial charge < -0.3 is 4.90 Å². The van der Waals surface area contributed by atoms with E-state index in [2.05, 4.69) is 4.98 Å². The zero-order valence-electron chi connectivity index (χ0n) is 11.0. The number of sulfone groups is 1. The molecule has 0 radical (unpaired) electrons. The Morgan fingerprint density at radius 2 is 2.16 bits per heavy atom. The zero-order valence-corrected chi connectivity index (χ0v) is 12.6. The van der Waals surface area contributed by atoms with E-state index < -0.39 is 9.84 Å². The smallest absolute Gasteiger partial charge is 0.186 e. The summed E-state index contributed by atoms with van der Waals surface area (Å²) in [5, 5.41) is 0.780. The van der Waals surface area contributed by atoms with Gasteiger partial charge in [0.05, 0.1) is 22.1 Å². The lowest BCUT2D eigenvalue weighted by Crippen LogP contribution is -2.26. The predicted octanol–water partition coefficient (Wildman–Crippen LogP) is 1.53. The summed E-state index contributed by atoms with van der Waals surface area (Å²) in [4.78, 5) is 18.2. The van der Waals surface area contributed by atoms with Crippen molar-refractivity contribution in [1.82, 2.24) is 4.98 Å². The zero-order chi connectivity index (χ0) is 13.9. The van der Waals surface area contributed by atoms with Crippen LogP contribution in [-0.4, -0.2) is 44.3 Å². The molecule has 19 heavy (non-hydrogen) atoms. The molecule has 0 amide bonds. The molecule has 0 N–H and O–H groups in total. The fourth-order valence-electron chi connectivity index (χ4n) is 2.12. The Hall–Kier alpha value is -0.950. The van der Waals surface area contributed by atoms with Crippen molar-refractivity contribution in [2.24, 2.45) is 0 Å². The predicted molar refractivity (Wildman–Crippen MR) is 77.0 cm³/mol. The number of aldehydes is 1. The molecule has 0 saturated carbocycles. The first-order valence-electron chi connectivity index (χ1n) is 6.46. The number of aryl methyl sites for hydroxylation is 1. The first-order chi connectivity index (χ1) is 9.05. The molecule has 0 bridgehead atoms. The van der Waals surface area contributed by atoms with Crippen LogP contribution in [0, 0.1) is 0 Å². The largest absolute Gasteiger partial charge is 0.347 e. The van der Waals surface area contributed by atoms with Crippen LogP contribution < -0.4 is 4.90 Å². The van der Waals surface area contributed by atoms with Gasteiger partial charge in [0.15, 0.2) is 21.3 Å². The summed E-state index contributed by atoms with van der Waals surface area (Å²) in [6.07, 6.45) is 3.21.